The maximum absolute atomic E-state index is 5.57. The van der Waals surface area contributed by atoms with Crippen LogP contribution in [0, 0.1) is 6.92 Å². The zero-order valence-corrected chi connectivity index (χ0v) is 8.51. The highest BCUT2D eigenvalue weighted by Gasteiger charge is 2.01. The quantitative estimate of drug-likeness (QED) is 0.794. The van der Waals surface area contributed by atoms with E-state index in [1.54, 1.807) is 6.20 Å². The molecule has 0 aliphatic rings. The summed E-state index contributed by atoms with van der Waals surface area (Å²) in [5.41, 5.74) is 8.34. The second-order valence-corrected chi connectivity index (χ2v) is 3.36. The highest BCUT2D eigenvalue weighted by atomic mass is 15.0. The minimum Gasteiger partial charge on any atom is -0.368 e. The van der Waals surface area contributed by atoms with Gasteiger partial charge in [0.1, 0.15) is 0 Å². The van der Waals surface area contributed by atoms with Gasteiger partial charge < -0.3 is 5.73 Å². The first-order valence-electron chi connectivity index (χ1n) is 4.74. The molecular weight excluding hydrogens is 188 g/mol. The lowest BCUT2D eigenvalue weighted by atomic mass is 10.2. The van der Waals surface area contributed by atoms with Crippen LogP contribution in [0.5, 0.6) is 0 Å². The third kappa shape index (κ3) is 2.49. The molecule has 15 heavy (non-hydrogen) atoms. The van der Waals surface area contributed by atoms with Gasteiger partial charge in [-0.3, -0.25) is 4.98 Å². The van der Waals surface area contributed by atoms with Crippen molar-refractivity contribution in [3.05, 3.63) is 47.5 Å². The van der Waals surface area contributed by atoms with E-state index in [1.807, 2.05) is 31.2 Å². The van der Waals surface area contributed by atoms with Gasteiger partial charge >= 0.3 is 0 Å². The lowest BCUT2D eigenvalue weighted by Gasteiger charge is -2.02. The fourth-order valence-electron chi connectivity index (χ4n) is 1.44. The Morgan fingerprint density at radius 2 is 2.07 bits per heavy atom. The highest BCUT2D eigenvalue weighted by Crippen LogP contribution is 2.07. The Morgan fingerprint density at radius 3 is 2.73 bits per heavy atom. The fourth-order valence-corrected chi connectivity index (χ4v) is 1.44. The van der Waals surface area contributed by atoms with Crippen LogP contribution in [0.25, 0.3) is 0 Å². The molecule has 0 aromatic carbocycles. The van der Waals surface area contributed by atoms with Gasteiger partial charge in [0.25, 0.3) is 0 Å². The van der Waals surface area contributed by atoms with Crippen LogP contribution in [-0.4, -0.2) is 15.0 Å². The molecule has 76 valence electrons. The molecule has 0 fully saturated rings. The summed E-state index contributed by atoms with van der Waals surface area (Å²) in [5, 5.41) is 0. The number of hydrogen-bond acceptors (Lipinski definition) is 4. The standard InChI is InChI=1S/C11H12N4/c1-8-6-10(15-11(12)14-8)7-9-4-2-3-5-13-9/h2-6H,7H2,1H3,(H2,12,14,15). The highest BCUT2D eigenvalue weighted by molar-refractivity contribution is 5.24. The Kier molecular flexibility index (Phi) is 2.58. The number of anilines is 1. The molecule has 2 aromatic heterocycles. The molecule has 0 saturated carbocycles. The Labute approximate surface area is 88.2 Å². The SMILES string of the molecule is Cc1cc(Cc2ccccn2)nc(N)n1. The van der Waals surface area contributed by atoms with E-state index >= 15 is 0 Å². The van der Waals surface area contributed by atoms with E-state index < -0.39 is 0 Å². The van der Waals surface area contributed by atoms with Crippen molar-refractivity contribution in [1.29, 1.82) is 0 Å². The van der Waals surface area contributed by atoms with Crippen molar-refractivity contribution in [2.75, 3.05) is 5.73 Å². The van der Waals surface area contributed by atoms with E-state index in [-0.39, 0.29) is 0 Å². The lowest BCUT2D eigenvalue weighted by molar-refractivity contribution is 0.978. The Balaban J connectivity index is 2.25. The monoisotopic (exact) mass is 200 g/mol. The largest absolute Gasteiger partial charge is 0.368 e. The van der Waals surface area contributed by atoms with Crippen molar-refractivity contribution >= 4 is 5.95 Å². The second kappa shape index (κ2) is 4.04. The number of aromatic nitrogens is 3. The summed E-state index contributed by atoms with van der Waals surface area (Å²) in [7, 11) is 0. The van der Waals surface area contributed by atoms with Gasteiger partial charge in [0.05, 0.1) is 5.69 Å². The van der Waals surface area contributed by atoms with Crippen LogP contribution in [0.15, 0.2) is 30.5 Å². The number of aryl methyl sites for hydroxylation is 1. The van der Waals surface area contributed by atoms with Crippen LogP contribution in [0.2, 0.25) is 0 Å². The van der Waals surface area contributed by atoms with E-state index in [1.165, 1.54) is 0 Å². The van der Waals surface area contributed by atoms with E-state index in [0.29, 0.717) is 12.4 Å². The molecule has 4 heteroatoms. The summed E-state index contributed by atoms with van der Waals surface area (Å²) in [6.07, 6.45) is 2.46. The maximum atomic E-state index is 5.57. The maximum Gasteiger partial charge on any atom is 0.220 e. The molecule has 2 heterocycles. The zero-order chi connectivity index (χ0) is 10.7. The van der Waals surface area contributed by atoms with Crippen LogP contribution >= 0.6 is 0 Å². The summed E-state index contributed by atoms with van der Waals surface area (Å²) in [6.45, 7) is 1.90. The van der Waals surface area contributed by atoms with Crippen molar-refractivity contribution in [3.8, 4) is 0 Å². The van der Waals surface area contributed by atoms with Gasteiger partial charge in [0.15, 0.2) is 0 Å². The summed E-state index contributed by atoms with van der Waals surface area (Å²) in [5.74, 6) is 0.320. The van der Waals surface area contributed by atoms with E-state index in [4.69, 9.17) is 5.73 Å². The number of pyridine rings is 1. The van der Waals surface area contributed by atoms with Gasteiger partial charge in [0.2, 0.25) is 5.95 Å². The Bertz CT molecular complexity index is 433. The Hall–Kier alpha value is -1.97. The molecule has 0 atom stereocenters. The molecule has 0 saturated heterocycles. The van der Waals surface area contributed by atoms with E-state index in [9.17, 15) is 0 Å². The molecular formula is C11H12N4. The lowest BCUT2D eigenvalue weighted by Crippen LogP contribution is -2.02. The van der Waals surface area contributed by atoms with Gasteiger partial charge in [-0.1, -0.05) is 6.07 Å². The third-order valence-electron chi connectivity index (χ3n) is 2.01. The predicted molar refractivity (Wildman–Crippen MR) is 58.2 cm³/mol. The molecule has 0 radical (unpaired) electrons. The molecule has 0 spiro atoms. The molecule has 0 aliphatic heterocycles. The van der Waals surface area contributed by atoms with Gasteiger partial charge in [-0.05, 0) is 25.1 Å². The van der Waals surface area contributed by atoms with Crippen LogP contribution in [0.4, 0.5) is 5.95 Å². The van der Waals surface area contributed by atoms with E-state index in [2.05, 4.69) is 15.0 Å². The second-order valence-electron chi connectivity index (χ2n) is 3.36. The van der Waals surface area contributed by atoms with Crippen molar-refractivity contribution in [1.82, 2.24) is 15.0 Å². The average molecular weight is 200 g/mol. The summed E-state index contributed by atoms with van der Waals surface area (Å²) < 4.78 is 0. The molecule has 0 unspecified atom stereocenters. The topological polar surface area (TPSA) is 64.7 Å². The van der Waals surface area contributed by atoms with E-state index in [0.717, 1.165) is 17.1 Å². The molecule has 0 bridgehead atoms. The van der Waals surface area contributed by atoms with Crippen LogP contribution in [0.3, 0.4) is 0 Å². The van der Waals surface area contributed by atoms with Crippen molar-refractivity contribution < 1.29 is 0 Å². The number of nitrogen functional groups attached to an aromatic ring is 1. The van der Waals surface area contributed by atoms with Gasteiger partial charge in [-0.2, -0.15) is 0 Å². The molecule has 0 amide bonds. The number of nitrogens with two attached hydrogens (primary N) is 1. The van der Waals surface area contributed by atoms with Gasteiger partial charge in [-0.15, -0.1) is 0 Å². The summed E-state index contributed by atoms with van der Waals surface area (Å²) in [4.78, 5) is 12.4. The van der Waals surface area contributed by atoms with Crippen LogP contribution < -0.4 is 5.73 Å². The first-order valence-corrected chi connectivity index (χ1v) is 4.74. The predicted octanol–water partition coefficient (Wildman–Crippen LogP) is 1.35. The first-order chi connectivity index (χ1) is 7.24. The summed E-state index contributed by atoms with van der Waals surface area (Å²) in [6, 6.07) is 7.74. The number of hydrogen-bond donors (Lipinski definition) is 1. The van der Waals surface area contributed by atoms with Crippen molar-refractivity contribution in [2.24, 2.45) is 0 Å². The fraction of sp³-hybridized carbons (Fsp3) is 0.182. The first kappa shape index (κ1) is 9.58. The normalized spacial score (nSPS) is 10.2. The summed E-state index contributed by atoms with van der Waals surface area (Å²) >= 11 is 0. The smallest absolute Gasteiger partial charge is 0.220 e. The van der Waals surface area contributed by atoms with Gasteiger partial charge in [0, 0.05) is 24.0 Å². The molecule has 2 aromatic rings. The van der Waals surface area contributed by atoms with Crippen LogP contribution in [0.1, 0.15) is 17.1 Å². The minimum atomic E-state index is 0.320. The van der Waals surface area contributed by atoms with Crippen molar-refractivity contribution in [3.63, 3.8) is 0 Å². The van der Waals surface area contributed by atoms with Crippen molar-refractivity contribution in [2.45, 2.75) is 13.3 Å². The molecule has 0 aliphatic carbocycles. The van der Waals surface area contributed by atoms with Gasteiger partial charge in [-0.25, -0.2) is 9.97 Å². The zero-order valence-electron chi connectivity index (χ0n) is 8.51. The molecule has 4 nitrogen and oxygen atoms in total. The number of rotatable bonds is 2. The number of nitrogens with zero attached hydrogens (tertiary/aromatic N) is 3. The average Bonchev–Trinajstić information content (AvgIpc) is 2.17. The molecule has 2 N–H and O–H groups in total. The van der Waals surface area contributed by atoms with Crippen LogP contribution in [-0.2, 0) is 6.42 Å². The third-order valence-corrected chi connectivity index (χ3v) is 2.01. The molecule has 2 rings (SSSR count). The minimum absolute atomic E-state index is 0.320. The Morgan fingerprint density at radius 1 is 1.20 bits per heavy atom.